The van der Waals surface area contributed by atoms with Crippen LogP contribution in [0.4, 0.5) is 0 Å². The molecule has 0 aliphatic rings. The fourth-order valence-corrected chi connectivity index (χ4v) is 10.2. The highest BCUT2D eigenvalue weighted by Crippen LogP contribution is 2.55. The van der Waals surface area contributed by atoms with Gasteiger partial charge >= 0.3 is 0 Å². The van der Waals surface area contributed by atoms with Crippen LogP contribution in [-0.4, -0.2) is 15.7 Å². The monoisotopic (exact) mass is 620 g/mol. The SMILES string of the molecule is CCCCSc1nc(-c2ccccc2)[nH]c1[P+](c1ccccc1)(c1ccccc1)c1ccccc1.[I-]. The number of nitrogens with zero attached hydrogens (tertiary/aromatic N) is 1. The highest BCUT2D eigenvalue weighted by molar-refractivity contribution is 8.04. The largest absolute Gasteiger partial charge is 1.00 e. The lowest BCUT2D eigenvalue weighted by molar-refractivity contribution is -0.00000689. The number of imidazole rings is 1. The number of nitrogens with one attached hydrogen (secondary N) is 1. The van der Waals surface area contributed by atoms with Crippen LogP contribution >= 0.6 is 19.0 Å². The fourth-order valence-electron chi connectivity index (χ4n) is 4.51. The van der Waals surface area contributed by atoms with E-state index >= 15 is 0 Å². The molecular weight excluding hydrogens is 590 g/mol. The number of aromatic nitrogens is 2. The predicted octanol–water partition coefficient (Wildman–Crippen LogP) is 3.59. The summed E-state index contributed by atoms with van der Waals surface area (Å²) in [7, 11) is -2.23. The van der Waals surface area contributed by atoms with Gasteiger partial charge in [-0.2, -0.15) is 0 Å². The number of halogens is 1. The molecule has 0 saturated heterocycles. The lowest BCUT2D eigenvalue weighted by Gasteiger charge is -2.26. The van der Waals surface area contributed by atoms with Crippen molar-refractivity contribution < 1.29 is 24.0 Å². The molecule has 0 bridgehead atoms. The van der Waals surface area contributed by atoms with E-state index in [0.717, 1.165) is 22.2 Å². The van der Waals surface area contributed by atoms with Crippen LogP contribution in [0.5, 0.6) is 0 Å². The van der Waals surface area contributed by atoms with Crippen LogP contribution in [0, 0.1) is 0 Å². The maximum atomic E-state index is 5.23. The molecule has 2 nitrogen and oxygen atoms in total. The number of hydrogen-bond acceptors (Lipinski definition) is 2. The summed E-state index contributed by atoms with van der Waals surface area (Å²) in [6, 6.07) is 43.5. The van der Waals surface area contributed by atoms with E-state index in [1.54, 1.807) is 0 Å². The Morgan fingerprint density at radius 3 is 1.56 bits per heavy atom. The van der Waals surface area contributed by atoms with Gasteiger partial charge in [0.25, 0.3) is 0 Å². The summed E-state index contributed by atoms with van der Waals surface area (Å²) in [4.78, 5) is 9.11. The van der Waals surface area contributed by atoms with Crippen LogP contribution in [0.1, 0.15) is 19.8 Å². The van der Waals surface area contributed by atoms with Gasteiger partial charge in [0.1, 0.15) is 21.7 Å². The number of benzene rings is 4. The second-order valence-corrected chi connectivity index (χ2v) is 12.9. The summed E-state index contributed by atoms with van der Waals surface area (Å²) in [6.07, 6.45) is 2.35. The molecule has 4 aromatic carbocycles. The molecule has 5 aromatic rings. The number of aromatic amines is 1. The fraction of sp³-hybridized carbons (Fsp3) is 0.129. The molecule has 5 rings (SSSR count). The molecule has 5 heteroatoms. The second-order valence-electron chi connectivity index (χ2n) is 8.48. The first kappa shape index (κ1) is 26.7. The maximum Gasteiger partial charge on any atom is 0.210 e. The van der Waals surface area contributed by atoms with Crippen LogP contribution < -0.4 is 45.3 Å². The Labute approximate surface area is 236 Å². The minimum absolute atomic E-state index is 0. The van der Waals surface area contributed by atoms with Gasteiger partial charge < -0.3 is 29.0 Å². The van der Waals surface area contributed by atoms with Gasteiger partial charge in [-0.1, -0.05) is 98.3 Å². The molecule has 0 aliphatic carbocycles. The number of thioether (sulfide) groups is 1. The number of unbranched alkanes of at least 4 members (excludes halogenated alkanes) is 1. The lowest BCUT2D eigenvalue weighted by atomic mass is 10.2. The Morgan fingerprint density at radius 1 is 0.667 bits per heavy atom. The van der Waals surface area contributed by atoms with Crippen LogP contribution in [0.15, 0.2) is 126 Å². The van der Waals surface area contributed by atoms with Gasteiger partial charge in [-0.15, -0.1) is 11.8 Å². The average molecular weight is 621 g/mol. The van der Waals surface area contributed by atoms with Crippen LogP contribution in [0.2, 0.25) is 0 Å². The van der Waals surface area contributed by atoms with Crippen molar-refractivity contribution in [2.75, 3.05) is 5.75 Å². The number of rotatable bonds is 9. The van der Waals surface area contributed by atoms with E-state index in [-0.39, 0.29) is 24.0 Å². The molecule has 36 heavy (non-hydrogen) atoms. The molecule has 0 atom stereocenters. The normalized spacial score (nSPS) is 11.1. The topological polar surface area (TPSA) is 28.7 Å². The highest BCUT2D eigenvalue weighted by atomic mass is 127. The molecule has 0 fully saturated rings. The van der Waals surface area contributed by atoms with Crippen molar-refractivity contribution in [1.82, 2.24) is 9.97 Å². The number of H-pyrrole nitrogens is 1. The molecular formula is C31H30IN2PS. The van der Waals surface area contributed by atoms with E-state index < -0.39 is 7.26 Å². The molecule has 1 aromatic heterocycles. The number of hydrogen-bond donors (Lipinski definition) is 1. The Morgan fingerprint density at radius 2 is 1.11 bits per heavy atom. The Kier molecular flexibility index (Phi) is 9.41. The molecule has 182 valence electrons. The smallest absolute Gasteiger partial charge is 0.210 e. The van der Waals surface area contributed by atoms with Gasteiger partial charge in [0, 0.05) is 5.56 Å². The third kappa shape index (κ3) is 5.32. The van der Waals surface area contributed by atoms with E-state index in [1.165, 1.54) is 34.2 Å². The van der Waals surface area contributed by atoms with Crippen LogP contribution in [-0.2, 0) is 0 Å². The van der Waals surface area contributed by atoms with Crippen molar-refractivity contribution in [2.24, 2.45) is 0 Å². The summed E-state index contributed by atoms with van der Waals surface area (Å²) >= 11 is 1.88. The first-order valence-electron chi connectivity index (χ1n) is 12.2. The van der Waals surface area contributed by atoms with Crippen LogP contribution in [0.3, 0.4) is 0 Å². The Hall–Kier alpha value is -2.40. The molecule has 0 amide bonds. The van der Waals surface area contributed by atoms with Gasteiger partial charge in [-0.3, -0.25) is 0 Å². The quantitative estimate of drug-likeness (QED) is 0.118. The van der Waals surface area contributed by atoms with E-state index in [1.807, 2.05) is 11.8 Å². The highest BCUT2D eigenvalue weighted by Gasteiger charge is 2.51. The zero-order valence-corrected chi connectivity index (χ0v) is 24.2. The van der Waals surface area contributed by atoms with Gasteiger partial charge in [-0.05, 0) is 48.6 Å². The summed E-state index contributed by atoms with van der Waals surface area (Å²) < 4.78 is 0. The summed E-state index contributed by atoms with van der Waals surface area (Å²) in [5, 5.41) is 5.11. The predicted molar refractivity (Wildman–Crippen MR) is 154 cm³/mol. The van der Waals surface area contributed by atoms with Gasteiger partial charge in [0.2, 0.25) is 5.44 Å². The van der Waals surface area contributed by atoms with Crippen LogP contribution in [0.25, 0.3) is 11.4 Å². The molecule has 1 heterocycles. The first-order chi connectivity index (χ1) is 17.3. The maximum absolute atomic E-state index is 5.23. The van der Waals surface area contributed by atoms with Crippen molar-refractivity contribution in [3.63, 3.8) is 0 Å². The second kappa shape index (κ2) is 12.7. The lowest BCUT2D eigenvalue weighted by Crippen LogP contribution is -3.00. The third-order valence-electron chi connectivity index (χ3n) is 6.20. The molecule has 0 radical (unpaired) electrons. The van der Waals surface area contributed by atoms with E-state index in [2.05, 4.69) is 133 Å². The average Bonchev–Trinajstić information content (AvgIpc) is 3.36. The summed E-state index contributed by atoms with van der Waals surface area (Å²) in [5.74, 6) is 1.99. The minimum atomic E-state index is -2.23. The minimum Gasteiger partial charge on any atom is -1.00 e. The zero-order valence-electron chi connectivity index (χ0n) is 20.3. The molecule has 0 aliphatic heterocycles. The van der Waals surface area contributed by atoms with E-state index in [9.17, 15) is 0 Å². The van der Waals surface area contributed by atoms with Crippen molar-refractivity contribution in [3.05, 3.63) is 121 Å². The molecule has 0 saturated carbocycles. The van der Waals surface area contributed by atoms with Crippen molar-refractivity contribution in [2.45, 2.75) is 24.8 Å². The molecule has 0 unspecified atom stereocenters. The third-order valence-corrected chi connectivity index (χ3v) is 11.6. The molecule has 0 spiro atoms. The summed E-state index contributed by atoms with van der Waals surface area (Å²) in [6.45, 7) is 2.25. The van der Waals surface area contributed by atoms with Crippen molar-refractivity contribution in [1.29, 1.82) is 0 Å². The first-order valence-corrected chi connectivity index (χ1v) is 15.0. The van der Waals surface area contributed by atoms with E-state index in [0.29, 0.717) is 0 Å². The van der Waals surface area contributed by atoms with Crippen molar-refractivity contribution in [3.8, 4) is 11.4 Å². The Balaban J connectivity index is 0.00000304. The van der Waals surface area contributed by atoms with Gasteiger partial charge in [0.15, 0.2) is 12.3 Å². The Bertz CT molecular complexity index is 1250. The van der Waals surface area contributed by atoms with Gasteiger partial charge in [0.05, 0.1) is 0 Å². The summed E-state index contributed by atoms with van der Waals surface area (Å²) in [5.41, 5.74) is 2.35. The van der Waals surface area contributed by atoms with Crippen molar-refractivity contribution >= 4 is 40.4 Å². The van der Waals surface area contributed by atoms with E-state index in [4.69, 9.17) is 4.98 Å². The molecule has 1 N–H and O–H groups in total. The van der Waals surface area contributed by atoms with Gasteiger partial charge in [-0.25, -0.2) is 4.98 Å². The standard InChI is InChI=1S/C31H30N2PS.HI/c1-2-3-24-35-31-30(32-29(33-31)25-16-8-4-9-17-25)34(26-18-10-5-11-19-26,27-20-12-6-13-21-27)28-22-14-7-15-23-28;/h4-23H,2-3,24H2,1H3,(H,32,33);1H/q+1;/p-1. The zero-order chi connectivity index (χ0) is 23.9.